The van der Waals surface area contributed by atoms with Crippen molar-refractivity contribution in [1.82, 2.24) is 19.5 Å². The van der Waals surface area contributed by atoms with Crippen molar-refractivity contribution in [2.24, 2.45) is 0 Å². The number of nitrogens with zero attached hydrogens (tertiary/aromatic N) is 4. The highest BCUT2D eigenvalue weighted by Gasteiger charge is 2.23. The Labute approximate surface area is 108 Å². The number of hydrogen-bond donors (Lipinski definition) is 0. The maximum atomic E-state index is 4.41. The first-order valence-electron chi connectivity index (χ1n) is 6.81. The number of aromatic nitrogens is 3. The third-order valence-electron chi connectivity index (χ3n) is 3.98. The lowest BCUT2D eigenvalue weighted by Gasteiger charge is -2.30. The normalized spacial score (nSPS) is 18.6. The van der Waals surface area contributed by atoms with Crippen molar-refractivity contribution in [3.8, 4) is 0 Å². The molecule has 18 heavy (non-hydrogen) atoms. The van der Waals surface area contributed by atoms with E-state index >= 15 is 0 Å². The van der Waals surface area contributed by atoms with Crippen molar-refractivity contribution in [2.45, 2.75) is 32.6 Å². The van der Waals surface area contributed by atoms with Crippen molar-refractivity contribution >= 4 is 5.65 Å². The second-order valence-corrected chi connectivity index (χ2v) is 5.20. The predicted octanol–water partition coefficient (Wildman–Crippen LogP) is 2.24. The maximum Gasteiger partial charge on any atom is 0.160 e. The minimum atomic E-state index is 0.560. The third-order valence-corrected chi connectivity index (χ3v) is 3.98. The van der Waals surface area contributed by atoms with Crippen LogP contribution in [0.2, 0.25) is 0 Å². The number of fused-ring (bicyclic) bond motifs is 1. The Balaban J connectivity index is 1.88. The molecule has 0 spiro atoms. The smallest absolute Gasteiger partial charge is 0.160 e. The van der Waals surface area contributed by atoms with Gasteiger partial charge < -0.3 is 4.90 Å². The molecular weight excluding hydrogens is 224 g/mol. The highest BCUT2D eigenvalue weighted by Crippen LogP contribution is 2.27. The van der Waals surface area contributed by atoms with E-state index in [9.17, 15) is 0 Å². The SMILES string of the molecule is CCN1CCC(c2nnc3ccc(C)cn23)CC1. The second kappa shape index (κ2) is 4.69. The van der Waals surface area contributed by atoms with E-state index in [0.717, 1.165) is 18.0 Å². The minimum absolute atomic E-state index is 0.560. The fourth-order valence-electron chi connectivity index (χ4n) is 2.80. The van der Waals surface area contributed by atoms with Gasteiger partial charge in [0.1, 0.15) is 5.82 Å². The molecule has 0 aromatic carbocycles. The molecule has 96 valence electrons. The number of aryl methyl sites for hydroxylation is 1. The van der Waals surface area contributed by atoms with Crippen molar-refractivity contribution < 1.29 is 0 Å². The molecule has 0 radical (unpaired) electrons. The number of rotatable bonds is 2. The Morgan fingerprint density at radius 3 is 2.72 bits per heavy atom. The summed E-state index contributed by atoms with van der Waals surface area (Å²) in [6.07, 6.45) is 4.54. The van der Waals surface area contributed by atoms with Crippen LogP contribution in [-0.4, -0.2) is 39.1 Å². The van der Waals surface area contributed by atoms with Gasteiger partial charge in [-0.2, -0.15) is 0 Å². The third kappa shape index (κ3) is 2.01. The lowest BCUT2D eigenvalue weighted by molar-refractivity contribution is 0.218. The minimum Gasteiger partial charge on any atom is -0.304 e. The van der Waals surface area contributed by atoms with Crippen LogP contribution in [0.15, 0.2) is 18.3 Å². The predicted molar refractivity (Wildman–Crippen MR) is 71.8 cm³/mol. The molecule has 3 heterocycles. The summed E-state index contributed by atoms with van der Waals surface area (Å²) in [7, 11) is 0. The standard InChI is InChI=1S/C14H20N4/c1-3-17-8-6-12(7-9-17)14-16-15-13-5-4-11(2)10-18(13)14/h4-5,10,12H,3,6-9H2,1-2H3. The molecule has 2 aromatic rings. The summed E-state index contributed by atoms with van der Waals surface area (Å²) in [5, 5.41) is 8.68. The summed E-state index contributed by atoms with van der Waals surface area (Å²) < 4.78 is 2.17. The molecule has 0 amide bonds. The second-order valence-electron chi connectivity index (χ2n) is 5.20. The number of piperidine rings is 1. The zero-order chi connectivity index (χ0) is 12.5. The van der Waals surface area contributed by atoms with E-state index < -0.39 is 0 Å². The zero-order valence-electron chi connectivity index (χ0n) is 11.1. The first-order valence-corrected chi connectivity index (χ1v) is 6.81. The monoisotopic (exact) mass is 244 g/mol. The molecule has 1 saturated heterocycles. The highest BCUT2D eigenvalue weighted by atomic mass is 15.3. The fraction of sp³-hybridized carbons (Fsp3) is 0.571. The molecule has 3 rings (SSSR count). The summed E-state index contributed by atoms with van der Waals surface area (Å²) in [4.78, 5) is 2.50. The first kappa shape index (κ1) is 11.7. The number of pyridine rings is 1. The topological polar surface area (TPSA) is 33.4 Å². The molecule has 0 bridgehead atoms. The Morgan fingerprint density at radius 1 is 1.22 bits per heavy atom. The van der Waals surface area contributed by atoms with Crippen LogP contribution in [0.5, 0.6) is 0 Å². The van der Waals surface area contributed by atoms with Gasteiger partial charge in [0.05, 0.1) is 0 Å². The lowest BCUT2D eigenvalue weighted by atomic mass is 9.96. The van der Waals surface area contributed by atoms with Gasteiger partial charge in [0.25, 0.3) is 0 Å². The van der Waals surface area contributed by atoms with Gasteiger partial charge in [-0.1, -0.05) is 13.0 Å². The molecule has 1 fully saturated rings. The summed E-state index contributed by atoms with van der Waals surface area (Å²) in [6, 6.07) is 4.14. The Kier molecular flexibility index (Phi) is 3.04. The van der Waals surface area contributed by atoms with Gasteiger partial charge in [0, 0.05) is 12.1 Å². The van der Waals surface area contributed by atoms with Crippen LogP contribution in [0.4, 0.5) is 0 Å². The summed E-state index contributed by atoms with van der Waals surface area (Å²) in [5.74, 6) is 1.70. The van der Waals surface area contributed by atoms with Crippen LogP contribution in [0.3, 0.4) is 0 Å². The molecule has 1 aliphatic rings. The summed E-state index contributed by atoms with van der Waals surface area (Å²) >= 11 is 0. The average molecular weight is 244 g/mol. The molecule has 0 unspecified atom stereocenters. The van der Waals surface area contributed by atoms with Crippen molar-refractivity contribution in [1.29, 1.82) is 0 Å². The van der Waals surface area contributed by atoms with Gasteiger partial charge in [-0.25, -0.2) is 0 Å². The van der Waals surface area contributed by atoms with Crippen LogP contribution < -0.4 is 0 Å². The summed E-state index contributed by atoms with van der Waals surface area (Å²) in [6.45, 7) is 7.87. The maximum absolute atomic E-state index is 4.41. The van der Waals surface area contributed by atoms with E-state index in [2.05, 4.69) is 45.6 Å². The van der Waals surface area contributed by atoms with Crippen LogP contribution >= 0.6 is 0 Å². The molecule has 4 nitrogen and oxygen atoms in total. The van der Waals surface area contributed by atoms with Gasteiger partial charge in [0.15, 0.2) is 5.65 Å². The highest BCUT2D eigenvalue weighted by molar-refractivity contribution is 5.39. The van der Waals surface area contributed by atoms with E-state index in [0.29, 0.717) is 5.92 Å². The molecular formula is C14H20N4. The average Bonchev–Trinajstić information content (AvgIpc) is 2.82. The van der Waals surface area contributed by atoms with Crippen LogP contribution in [-0.2, 0) is 0 Å². The van der Waals surface area contributed by atoms with Crippen LogP contribution in [0, 0.1) is 6.92 Å². The summed E-state index contributed by atoms with van der Waals surface area (Å²) in [5.41, 5.74) is 2.23. The van der Waals surface area contributed by atoms with Gasteiger partial charge in [0.2, 0.25) is 0 Å². The van der Waals surface area contributed by atoms with E-state index in [1.165, 1.54) is 31.5 Å². The molecule has 0 N–H and O–H groups in total. The Hall–Kier alpha value is -1.42. The Morgan fingerprint density at radius 2 is 2.00 bits per heavy atom. The molecule has 0 atom stereocenters. The van der Waals surface area contributed by atoms with E-state index in [1.807, 2.05) is 6.07 Å². The van der Waals surface area contributed by atoms with Crippen molar-refractivity contribution in [2.75, 3.05) is 19.6 Å². The zero-order valence-corrected chi connectivity index (χ0v) is 11.1. The number of likely N-dealkylation sites (tertiary alicyclic amines) is 1. The van der Waals surface area contributed by atoms with E-state index in [-0.39, 0.29) is 0 Å². The van der Waals surface area contributed by atoms with Gasteiger partial charge in [-0.05, 0) is 51.0 Å². The number of hydrogen-bond acceptors (Lipinski definition) is 3. The quantitative estimate of drug-likeness (QED) is 0.812. The van der Waals surface area contributed by atoms with Gasteiger partial charge in [-0.3, -0.25) is 4.40 Å². The molecule has 2 aromatic heterocycles. The lowest BCUT2D eigenvalue weighted by Crippen LogP contribution is -2.33. The van der Waals surface area contributed by atoms with E-state index in [1.54, 1.807) is 0 Å². The molecule has 1 aliphatic heterocycles. The molecule has 4 heteroatoms. The Bertz CT molecular complexity index is 538. The fourth-order valence-corrected chi connectivity index (χ4v) is 2.80. The van der Waals surface area contributed by atoms with Gasteiger partial charge in [-0.15, -0.1) is 10.2 Å². The van der Waals surface area contributed by atoms with Crippen molar-refractivity contribution in [3.63, 3.8) is 0 Å². The van der Waals surface area contributed by atoms with Gasteiger partial charge >= 0.3 is 0 Å². The first-order chi connectivity index (χ1) is 8.78. The van der Waals surface area contributed by atoms with Crippen LogP contribution in [0.25, 0.3) is 5.65 Å². The largest absolute Gasteiger partial charge is 0.304 e. The molecule has 0 aliphatic carbocycles. The molecule has 0 saturated carbocycles. The van der Waals surface area contributed by atoms with E-state index in [4.69, 9.17) is 0 Å². The van der Waals surface area contributed by atoms with Crippen molar-refractivity contribution in [3.05, 3.63) is 29.7 Å². The van der Waals surface area contributed by atoms with Crippen LogP contribution in [0.1, 0.15) is 37.1 Å².